The highest BCUT2D eigenvalue weighted by atomic mass is 19.1. The van der Waals surface area contributed by atoms with E-state index in [0.717, 1.165) is 47.6 Å². The molecule has 1 aliphatic rings. The SMILES string of the molecule is C=C(CC)c1ccc(F)c(CCC2CC2)c1N=CC.CC. The third kappa shape index (κ3) is 4.80. The molecule has 116 valence electrons. The van der Waals surface area contributed by atoms with E-state index in [4.69, 9.17) is 0 Å². The average Bonchev–Trinajstić information content (AvgIpc) is 3.33. The maximum Gasteiger partial charge on any atom is 0.128 e. The van der Waals surface area contributed by atoms with Crippen LogP contribution in [0.3, 0.4) is 0 Å². The highest BCUT2D eigenvalue weighted by Crippen LogP contribution is 2.38. The van der Waals surface area contributed by atoms with Crippen molar-refractivity contribution in [3.8, 4) is 0 Å². The summed E-state index contributed by atoms with van der Waals surface area (Å²) in [6, 6.07) is 3.37. The lowest BCUT2D eigenvalue weighted by molar-refractivity contribution is 0.598. The summed E-state index contributed by atoms with van der Waals surface area (Å²) in [6.45, 7) is 12.0. The largest absolute Gasteiger partial charge is 0.261 e. The lowest BCUT2D eigenvalue weighted by Gasteiger charge is -2.13. The van der Waals surface area contributed by atoms with Gasteiger partial charge in [0.15, 0.2) is 0 Å². The first-order valence-electron chi connectivity index (χ1n) is 8.15. The maximum absolute atomic E-state index is 14.1. The average molecular weight is 289 g/mol. The van der Waals surface area contributed by atoms with Crippen LogP contribution in [-0.2, 0) is 6.42 Å². The number of rotatable bonds is 6. The number of nitrogens with zero attached hydrogens (tertiary/aromatic N) is 1. The molecule has 1 nitrogen and oxygen atoms in total. The van der Waals surface area contributed by atoms with E-state index in [2.05, 4.69) is 18.5 Å². The van der Waals surface area contributed by atoms with Crippen LogP contribution in [-0.4, -0.2) is 6.21 Å². The molecule has 21 heavy (non-hydrogen) atoms. The van der Waals surface area contributed by atoms with Crippen LogP contribution in [0.1, 0.15) is 64.5 Å². The minimum absolute atomic E-state index is 0.131. The fourth-order valence-corrected chi connectivity index (χ4v) is 2.36. The molecular formula is C19H28FN. The van der Waals surface area contributed by atoms with E-state index < -0.39 is 0 Å². The van der Waals surface area contributed by atoms with Crippen molar-refractivity contribution >= 4 is 17.5 Å². The van der Waals surface area contributed by atoms with Gasteiger partial charge in [-0.1, -0.05) is 40.2 Å². The van der Waals surface area contributed by atoms with Gasteiger partial charge in [0.2, 0.25) is 0 Å². The molecule has 1 fully saturated rings. The first-order chi connectivity index (χ1) is 10.2. The van der Waals surface area contributed by atoms with Gasteiger partial charge in [0.1, 0.15) is 5.82 Å². The molecule has 0 unspecified atom stereocenters. The van der Waals surface area contributed by atoms with Crippen LogP contribution < -0.4 is 0 Å². The molecular weight excluding hydrogens is 261 g/mol. The summed E-state index contributed by atoms with van der Waals surface area (Å²) in [7, 11) is 0. The molecule has 1 aliphatic carbocycles. The standard InChI is InChI=1S/C17H22FN.C2H6/c1-4-12(3)14-10-11-16(18)15(17(14)19-5-2)9-8-13-6-7-13;1-2/h5,10-11,13H,3-4,6-9H2,1-2H3;1-2H3. The van der Waals surface area contributed by atoms with Gasteiger partial charge in [-0.3, -0.25) is 4.99 Å². The molecule has 0 amide bonds. The summed E-state index contributed by atoms with van der Waals surface area (Å²) in [5.74, 6) is 0.671. The molecule has 1 saturated carbocycles. The predicted octanol–water partition coefficient (Wildman–Crippen LogP) is 6.34. The van der Waals surface area contributed by atoms with Crippen molar-refractivity contribution in [2.75, 3.05) is 0 Å². The molecule has 0 aliphatic heterocycles. The Kier molecular flexibility index (Phi) is 7.35. The monoisotopic (exact) mass is 289 g/mol. The highest BCUT2D eigenvalue weighted by molar-refractivity contribution is 5.78. The molecule has 0 aromatic heterocycles. The number of hydrogen-bond donors (Lipinski definition) is 0. The molecule has 1 aromatic carbocycles. The van der Waals surface area contributed by atoms with Crippen LogP contribution in [0.2, 0.25) is 0 Å². The van der Waals surface area contributed by atoms with Crippen molar-refractivity contribution in [1.82, 2.24) is 0 Å². The van der Waals surface area contributed by atoms with Crippen LogP contribution in [0, 0.1) is 11.7 Å². The summed E-state index contributed by atoms with van der Waals surface area (Å²) < 4.78 is 14.1. The Hall–Kier alpha value is -1.44. The lowest BCUT2D eigenvalue weighted by Crippen LogP contribution is -1.97. The summed E-state index contributed by atoms with van der Waals surface area (Å²) in [4.78, 5) is 4.41. The summed E-state index contributed by atoms with van der Waals surface area (Å²) in [5, 5.41) is 0. The first kappa shape index (κ1) is 17.6. The van der Waals surface area contributed by atoms with Crippen LogP contribution >= 0.6 is 0 Å². The van der Waals surface area contributed by atoms with E-state index in [1.165, 1.54) is 12.8 Å². The van der Waals surface area contributed by atoms with Gasteiger partial charge in [-0.2, -0.15) is 0 Å². The molecule has 1 aromatic rings. The quantitative estimate of drug-likeness (QED) is 0.542. The number of allylic oxidation sites excluding steroid dienone is 1. The van der Waals surface area contributed by atoms with Crippen molar-refractivity contribution in [3.63, 3.8) is 0 Å². The summed E-state index contributed by atoms with van der Waals surface area (Å²) in [6.07, 6.45) is 7.06. The van der Waals surface area contributed by atoms with E-state index in [0.29, 0.717) is 0 Å². The Morgan fingerprint density at radius 1 is 1.38 bits per heavy atom. The molecule has 0 bridgehead atoms. The van der Waals surface area contributed by atoms with Crippen molar-refractivity contribution < 1.29 is 4.39 Å². The Bertz CT molecular complexity index is 499. The van der Waals surface area contributed by atoms with Crippen LogP contribution in [0.15, 0.2) is 23.7 Å². The Morgan fingerprint density at radius 3 is 2.57 bits per heavy atom. The molecule has 0 saturated heterocycles. The van der Waals surface area contributed by atoms with Gasteiger partial charge in [0, 0.05) is 17.3 Å². The number of aliphatic imine (C=N–C) groups is 1. The lowest BCUT2D eigenvalue weighted by atomic mass is 9.96. The number of halogens is 1. The van der Waals surface area contributed by atoms with Gasteiger partial charge < -0.3 is 0 Å². The fraction of sp³-hybridized carbons (Fsp3) is 0.526. The minimum atomic E-state index is -0.131. The second-order valence-electron chi connectivity index (χ2n) is 5.25. The van der Waals surface area contributed by atoms with Crippen LogP contribution in [0.4, 0.5) is 10.1 Å². The molecule has 0 N–H and O–H groups in total. The van der Waals surface area contributed by atoms with E-state index in [1.807, 2.05) is 26.8 Å². The zero-order valence-corrected chi connectivity index (χ0v) is 13.9. The maximum atomic E-state index is 14.1. The fourth-order valence-electron chi connectivity index (χ4n) is 2.36. The zero-order chi connectivity index (χ0) is 15.8. The summed E-state index contributed by atoms with van der Waals surface area (Å²) in [5.41, 5.74) is 3.56. The van der Waals surface area contributed by atoms with Gasteiger partial charge in [-0.15, -0.1) is 0 Å². The van der Waals surface area contributed by atoms with Gasteiger partial charge in [0.05, 0.1) is 5.69 Å². The van der Waals surface area contributed by atoms with Gasteiger partial charge in [-0.05, 0) is 49.8 Å². The number of benzene rings is 1. The molecule has 2 heteroatoms. The van der Waals surface area contributed by atoms with Gasteiger partial charge >= 0.3 is 0 Å². The van der Waals surface area contributed by atoms with E-state index >= 15 is 0 Å². The van der Waals surface area contributed by atoms with Gasteiger partial charge in [0.25, 0.3) is 0 Å². The molecule has 0 spiro atoms. The Labute approximate surface area is 129 Å². The van der Waals surface area contributed by atoms with Crippen molar-refractivity contribution in [1.29, 1.82) is 0 Å². The van der Waals surface area contributed by atoms with Crippen LogP contribution in [0.25, 0.3) is 5.57 Å². The summed E-state index contributed by atoms with van der Waals surface area (Å²) >= 11 is 0. The minimum Gasteiger partial charge on any atom is -0.261 e. The highest BCUT2D eigenvalue weighted by Gasteiger charge is 2.22. The smallest absolute Gasteiger partial charge is 0.128 e. The Morgan fingerprint density at radius 2 is 2.05 bits per heavy atom. The molecule has 0 radical (unpaired) electrons. The van der Waals surface area contributed by atoms with Crippen molar-refractivity contribution in [3.05, 3.63) is 35.7 Å². The first-order valence-corrected chi connectivity index (χ1v) is 8.15. The number of hydrogen-bond acceptors (Lipinski definition) is 1. The van der Waals surface area contributed by atoms with Crippen LogP contribution in [0.5, 0.6) is 0 Å². The molecule has 0 heterocycles. The van der Waals surface area contributed by atoms with E-state index in [-0.39, 0.29) is 5.82 Å². The van der Waals surface area contributed by atoms with Gasteiger partial charge in [-0.25, -0.2) is 4.39 Å². The second kappa shape index (κ2) is 8.76. The zero-order valence-electron chi connectivity index (χ0n) is 13.9. The third-order valence-electron chi connectivity index (χ3n) is 3.79. The molecule has 0 atom stereocenters. The normalized spacial score (nSPS) is 14.0. The van der Waals surface area contributed by atoms with E-state index in [9.17, 15) is 4.39 Å². The topological polar surface area (TPSA) is 12.4 Å². The van der Waals surface area contributed by atoms with Crippen molar-refractivity contribution in [2.45, 2.75) is 59.8 Å². The Balaban J connectivity index is 0.00000106. The molecule has 2 rings (SSSR count). The van der Waals surface area contributed by atoms with E-state index in [1.54, 1.807) is 12.3 Å². The predicted molar refractivity (Wildman–Crippen MR) is 91.9 cm³/mol. The van der Waals surface area contributed by atoms with Crippen molar-refractivity contribution in [2.24, 2.45) is 10.9 Å². The third-order valence-corrected chi connectivity index (χ3v) is 3.79. The second-order valence-corrected chi connectivity index (χ2v) is 5.25.